The number of fused-ring (bicyclic) bond motifs is 1. The number of amides is 2. The number of urea groups is 1. The molecule has 106 valence electrons. The number of carbonyl (C=O) groups is 1. The van der Waals surface area contributed by atoms with Crippen LogP contribution in [0, 0.1) is 0 Å². The predicted octanol–water partition coefficient (Wildman–Crippen LogP) is 3.38. The van der Waals surface area contributed by atoms with Gasteiger partial charge in [0.1, 0.15) is 0 Å². The van der Waals surface area contributed by atoms with E-state index in [4.69, 9.17) is 9.47 Å². The van der Waals surface area contributed by atoms with Crippen LogP contribution in [-0.2, 0) is 0 Å². The molecule has 1 fully saturated rings. The van der Waals surface area contributed by atoms with Crippen molar-refractivity contribution in [1.82, 2.24) is 5.32 Å². The summed E-state index contributed by atoms with van der Waals surface area (Å²) in [6.45, 7) is 0.233. The number of carbonyl (C=O) groups excluding carboxylic acids is 1. The quantitative estimate of drug-likeness (QED) is 0.869. The van der Waals surface area contributed by atoms with E-state index >= 15 is 0 Å². The third kappa shape index (κ3) is 3.04. The van der Waals surface area contributed by atoms with Crippen molar-refractivity contribution in [3.63, 3.8) is 0 Å². The fraction of sp³-hybridized carbons (Fsp3) is 0.400. The van der Waals surface area contributed by atoms with E-state index in [1.807, 2.05) is 6.20 Å². The van der Waals surface area contributed by atoms with Gasteiger partial charge in [-0.25, -0.2) is 4.79 Å². The minimum atomic E-state index is -0.234. The maximum atomic E-state index is 11.8. The van der Waals surface area contributed by atoms with E-state index in [9.17, 15) is 4.79 Å². The number of ether oxygens (including phenoxy) is 2. The summed E-state index contributed by atoms with van der Waals surface area (Å²) in [5.41, 5.74) is 2.01. The molecule has 1 saturated carbocycles. The molecule has 1 aromatic carbocycles. The van der Waals surface area contributed by atoms with Crippen molar-refractivity contribution in [2.24, 2.45) is 0 Å². The third-order valence-corrected chi connectivity index (χ3v) is 3.53. The Hall–Kier alpha value is -2.17. The van der Waals surface area contributed by atoms with Gasteiger partial charge in [0.25, 0.3) is 0 Å². The number of benzene rings is 1. The van der Waals surface area contributed by atoms with E-state index < -0.39 is 0 Å². The minimum Gasteiger partial charge on any atom is -0.454 e. The second-order valence-corrected chi connectivity index (χ2v) is 5.03. The Morgan fingerprint density at radius 2 is 1.90 bits per heavy atom. The van der Waals surface area contributed by atoms with Gasteiger partial charge >= 0.3 is 6.03 Å². The standard InChI is InChI=1S/C15H18N2O3/c18-15(16-9-11-4-2-1-3-5-11)17-12-6-7-13-14(8-12)20-10-19-13/h6-9H,1-5,10H2,(H2,16,17,18). The highest BCUT2D eigenvalue weighted by Gasteiger charge is 2.14. The SMILES string of the molecule is O=C(NC=C1CCCCC1)Nc1ccc2c(c1)OCO2. The van der Waals surface area contributed by atoms with Crippen molar-refractivity contribution in [1.29, 1.82) is 0 Å². The molecule has 1 aliphatic carbocycles. The van der Waals surface area contributed by atoms with Crippen molar-refractivity contribution in [3.05, 3.63) is 30.0 Å². The Bertz CT molecular complexity index is 532. The Kier molecular flexibility index (Phi) is 3.76. The molecule has 2 N–H and O–H groups in total. The molecule has 0 saturated heterocycles. The van der Waals surface area contributed by atoms with Crippen molar-refractivity contribution in [3.8, 4) is 11.5 Å². The van der Waals surface area contributed by atoms with Crippen LogP contribution >= 0.6 is 0 Å². The van der Waals surface area contributed by atoms with Crippen LogP contribution in [0.25, 0.3) is 0 Å². The maximum Gasteiger partial charge on any atom is 0.323 e. The Labute approximate surface area is 118 Å². The van der Waals surface area contributed by atoms with Gasteiger partial charge in [0, 0.05) is 18.0 Å². The highest BCUT2D eigenvalue weighted by molar-refractivity contribution is 5.90. The van der Waals surface area contributed by atoms with Crippen molar-refractivity contribution in [2.75, 3.05) is 12.1 Å². The molecule has 3 rings (SSSR count). The molecule has 0 bridgehead atoms. The molecule has 1 aliphatic heterocycles. The molecule has 1 heterocycles. The zero-order valence-electron chi connectivity index (χ0n) is 11.3. The second kappa shape index (κ2) is 5.86. The molecule has 5 heteroatoms. The number of hydrogen-bond donors (Lipinski definition) is 2. The number of nitrogens with one attached hydrogen (secondary N) is 2. The van der Waals surface area contributed by atoms with Gasteiger partial charge < -0.3 is 20.1 Å². The van der Waals surface area contributed by atoms with Crippen molar-refractivity contribution in [2.45, 2.75) is 32.1 Å². The van der Waals surface area contributed by atoms with Crippen LogP contribution in [0.15, 0.2) is 30.0 Å². The van der Waals surface area contributed by atoms with Crippen LogP contribution in [0.5, 0.6) is 11.5 Å². The Morgan fingerprint density at radius 3 is 2.75 bits per heavy atom. The fourth-order valence-corrected chi connectivity index (χ4v) is 2.46. The molecule has 5 nitrogen and oxygen atoms in total. The molecule has 0 spiro atoms. The van der Waals surface area contributed by atoms with Gasteiger partial charge in [-0.15, -0.1) is 0 Å². The topological polar surface area (TPSA) is 59.6 Å². The normalized spacial score (nSPS) is 16.7. The van der Waals surface area contributed by atoms with E-state index in [0.717, 1.165) is 12.8 Å². The summed E-state index contributed by atoms with van der Waals surface area (Å²) in [5.74, 6) is 1.37. The first kappa shape index (κ1) is 12.8. The summed E-state index contributed by atoms with van der Waals surface area (Å²) < 4.78 is 10.5. The molecule has 1 aromatic rings. The zero-order chi connectivity index (χ0) is 13.8. The molecule has 2 amide bonds. The molecular formula is C15H18N2O3. The first-order valence-corrected chi connectivity index (χ1v) is 6.96. The summed E-state index contributed by atoms with van der Waals surface area (Å²) in [5, 5.41) is 5.57. The van der Waals surface area contributed by atoms with Crippen molar-refractivity contribution >= 4 is 11.7 Å². The molecule has 0 radical (unpaired) electrons. The van der Waals surface area contributed by atoms with Gasteiger partial charge in [-0.05, 0) is 37.8 Å². The highest BCUT2D eigenvalue weighted by atomic mass is 16.7. The van der Waals surface area contributed by atoms with Gasteiger partial charge in [0.15, 0.2) is 11.5 Å². The van der Waals surface area contributed by atoms with Crippen LogP contribution in [0.4, 0.5) is 10.5 Å². The van der Waals surface area contributed by atoms with Crippen LogP contribution in [0.2, 0.25) is 0 Å². The molecule has 0 atom stereocenters. The average Bonchev–Trinajstić information content (AvgIpc) is 2.94. The molecular weight excluding hydrogens is 256 g/mol. The van der Waals surface area contributed by atoms with E-state index in [2.05, 4.69) is 10.6 Å². The first-order valence-electron chi connectivity index (χ1n) is 6.96. The summed E-state index contributed by atoms with van der Waals surface area (Å²) in [4.78, 5) is 11.8. The lowest BCUT2D eigenvalue weighted by atomic mass is 9.96. The van der Waals surface area contributed by atoms with E-state index in [1.54, 1.807) is 18.2 Å². The number of anilines is 1. The Morgan fingerprint density at radius 1 is 1.10 bits per heavy atom. The number of hydrogen-bond acceptors (Lipinski definition) is 3. The monoisotopic (exact) mass is 274 g/mol. The lowest BCUT2D eigenvalue weighted by Gasteiger charge is -2.13. The summed E-state index contributed by atoms with van der Waals surface area (Å²) in [7, 11) is 0. The second-order valence-electron chi connectivity index (χ2n) is 5.03. The fourth-order valence-electron chi connectivity index (χ4n) is 2.46. The molecule has 2 aliphatic rings. The smallest absolute Gasteiger partial charge is 0.323 e. The van der Waals surface area contributed by atoms with Crippen LogP contribution in [-0.4, -0.2) is 12.8 Å². The van der Waals surface area contributed by atoms with Gasteiger partial charge in [-0.3, -0.25) is 0 Å². The minimum absolute atomic E-state index is 0.233. The van der Waals surface area contributed by atoms with Gasteiger partial charge in [0.2, 0.25) is 6.79 Å². The maximum absolute atomic E-state index is 11.8. The molecule has 0 unspecified atom stereocenters. The first-order chi connectivity index (χ1) is 9.81. The van der Waals surface area contributed by atoms with Crippen molar-refractivity contribution < 1.29 is 14.3 Å². The zero-order valence-corrected chi connectivity index (χ0v) is 11.3. The average molecular weight is 274 g/mol. The summed E-state index contributed by atoms with van der Waals surface area (Å²) >= 11 is 0. The molecule has 0 aromatic heterocycles. The lowest BCUT2D eigenvalue weighted by molar-refractivity contribution is 0.174. The van der Waals surface area contributed by atoms with Gasteiger partial charge in [-0.2, -0.15) is 0 Å². The number of rotatable bonds is 2. The van der Waals surface area contributed by atoms with E-state index in [0.29, 0.717) is 17.2 Å². The third-order valence-electron chi connectivity index (χ3n) is 3.53. The van der Waals surface area contributed by atoms with Crippen LogP contribution in [0.1, 0.15) is 32.1 Å². The van der Waals surface area contributed by atoms with Gasteiger partial charge in [-0.1, -0.05) is 12.0 Å². The van der Waals surface area contributed by atoms with Gasteiger partial charge in [0.05, 0.1) is 0 Å². The largest absolute Gasteiger partial charge is 0.454 e. The van der Waals surface area contributed by atoms with E-state index in [-0.39, 0.29) is 12.8 Å². The van der Waals surface area contributed by atoms with Crippen LogP contribution in [0.3, 0.4) is 0 Å². The lowest BCUT2D eigenvalue weighted by Crippen LogP contribution is -2.24. The summed E-state index contributed by atoms with van der Waals surface area (Å²) in [6, 6.07) is 5.11. The van der Waals surface area contributed by atoms with Crippen LogP contribution < -0.4 is 20.1 Å². The van der Waals surface area contributed by atoms with E-state index in [1.165, 1.54) is 24.8 Å². The molecule has 20 heavy (non-hydrogen) atoms. The Balaban J connectivity index is 1.56. The highest BCUT2D eigenvalue weighted by Crippen LogP contribution is 2.34. The summed E-state index contributed by atoms with van der Waals surface area (Å²) in [6.07, 6.45) is 7.74. The number of allylic oxidation sites excluding steroid dienone is 1. The predicted molar refractivity (Wildman–Crippen MR) is 75.9 cm³/mol.